The fourth-order valence-electron chi connectivity index (χ4n) is 4.90. The summed E-state index contributed by atoms with van der Waals surface area (Å²) < 4.78 is 33.0. The molecule has 2 N–H and O–H groups in total. The maximum Gasteiger partial charge on any atom is 0.407 e. The van der Waals surface area contributed by atoms with Crippen molar-refractivity contribution in [2.45, 2.75) is 62.1 Å². The number of rotatable bonds is 4. The highest BCUT2D eigenvalue weighted by molar-refractivity contribution is 7.91. The molecule has 1 fully saturated rings. The third-order valence-corrected chi connectivity index (χ3v) is 8.53. The van der Waals surface area contributed by atoms with Crippen LogP contribution in [-0.4, -0.2) is 49.4 Å². The minimum absolute atomic E-state index is 0.0366. The average Bonchev–Trinajstić information content (AvgIpc) is 3.28. The van der Waals surface area contributed by atoms with Gasteiger partial charge in [-0.3, -0.25) is 5.10 Å². The SMILES string of the molecule is Cc1ccc(S(=O)(=O)c2[nH]nc3ccc(N4CCC(NC(=O)OC(C)(C)C)CC4)cc23)c2ccccc12. The Hall–Kier alpha value is -3.59. The largest absolute Gasteiger partial charge is 0.444 e. The van der Waals surface area contributed by atoms with E-state index in [9.17, 15) is 13.2 Å². The molecule has 1 saturated heterocycles. The normalized spacial score (nSPS) is 15.3. The topological polar surface area (TPSA) is 104 Å². The zero-order valence-corrected chi connectivity index (χ0v) is 22.4. The second-order valence-electron chi connectivity index (χ2n) is 10.6. The number of piperidine rings is 1. The van der Waals surface area contributed by atoms with Gasteiger partial charge in [0.25, 0.3) is 0 Å². The number of nitrogens with zero attached hydrogens (tertiary/aromatic N) is 2. The number of aromatic nitrogens is 2. The molecular formula is C28H32N4O4S. The second kappa shape index (κ2) is 9.37. The Balaban J connectivity index is 1.40. The predicted molar refractivity (Wildman–Crippen MR) is 145 cm³/mol. The number of aromatic amines is 1. The summed E-state index contributed by atoms with van der Waals surface area (Å²) in [6.45, 7) is 8.97. The summed E-state index contributed by atoms with van der Waals surface area (Å²) in [6, 6.07) is 16.8. The van der Waals surface area contributed by atoms with Gasteiger partial charge < -0.3 is 15.0 Å². The molecule has 4 aromatic rings. The summed E-state index contributed by atoms with van der Waals surface area (Å²) in [7, 11) is -3.85. The Morgan fingerprint density at radius 3 is 2.43 bits per heavy atom. The van der Waals surface area contributed by atoms with Gasteiger partial charge in [-0.2, -0.15) is 5.10 Å². The minimum Gasteiger partial charge on any atom is -0.444 e. The molecule has 37 heavy (non-hydrogen) atoms. The standard InChI is InChI=1S/C28H32N4O4S/c1-18-9-12-25(22-8-6-5-7-21(18)22)37(34,35)26-23-17-20(10-11-24(23)30-31-26)32-15-13-19(14-16-32)29-27(33)36-28(2,3)4/h5-12,17,19H,13-16H2,1-4H3,(H,29,33)(H,30,31). The first kappa shape index (κ1) is 25.1. The summed E-state index contributed by atoms with van der Waals surface area (Å²) in [5.41, 5.74) is 2.01. The Bertz CT molecular complexity index is 1580. The van der Waals surface area contributed by atoms with E-state index in [4.69, 9.17) is 4.74 Å². The molecule has 5 rings (SSSR count). The highest BCUT2D eigenvalue weighted by Gasteiger charge is 2.27. The third-order valence-electron chi connectivity index (χ3n) is 6.74. The van der Waals surface area contributed by atoms with Crippen LogP contribution in [0.4, 0.5) is 10.5 Å². The van der Waals surface area contributed by atoms with Gasteiger partial charge in [-0.1, -0.05) is 30.3 Å². The monoisotopic (exact) mass is 520 g/mol. The molecule has 9 heteroatoms. The number of carbonyl (C=O) groups excluding carboxylic acids is 1. The van der Waals surface area contributed by atoms with Crippen LogP contribution in [-0.2, 0) is 14.6 Å². The van der Waals surface area contributed by atoms with Crippen molar-refractivity contribution in [2.24, 2.45) is 0 Å². The predicted octanol–water partition coefficient (Wildman–Crippen LogP) is 5.35. The van der Waals surface area contributed by atoms with E-state index in [0.29, 0.717) is 16.3 Å². The van der Waals surface area contributed by atoms with E-state index in [2.05, 4.69) is 20.4 Å². The minimum atomic E-state index is -3.85. The van der Waals surface area contributed by atoms with Crippen molar-refractivity contribution in [3.8, 4) is 0 Å². The number of anilines is 1. The van der Waals surface area contributed by atoms with Crippen molar-refractivity contribution < 1.29 is 17.9 Å². The number of amides is 1. The third kappa shape index (κ3) is 5.00. The molecule has 194 valence electrons. The number of carbonyl (C=O) groups is 1. The van der Waals surface area contributed by atoms with Gasteiger partial charge in [0, 0.05) is 35.6 Å². The highest BCUT2D eigenvalue weighted by Crippen LogP contribution is 2.34. The molecular weight excluding hydrogens is 488 g/mol. The Kier molecular flexibility index (Phi) is 6.35. The van der Waals surface area contributed by atoms with Crippen LogP contribution in [0.1, 0.15) is 39.2 Å². The molecule has 3 aromatic carbocycles. The number of hydrogen-bond acceptors (Lipinski definition) is 6. The Labute approximate surface area is 216 Å². The molecule has 0 aliphatic carbocycles. The van der Waals surface area contributed by atoms with Gasteiger partial charge in [0.15, 0.2) is 5.03 Å². The molecule has 0 atom stereocenters. The molecule has 0 bridgehead atoms. The van der Waals surface area contributed by atoms with Crippen molar-refractivity contribution in [3.05, 3.63) is 60.2 Å². The molecule has 0 spiro atoms. The van der Waals surface area contributed by atoms with Gasteiger partial charge in [-0.15, -0.1) is 0 Å². The van der Waals surface area contributed by atoms with Gasteiger partial charge in [0.05, 0.1) is 10.4 Å². The van der Waals surface area contributed by atoms with E-state index in [0.717, 1.165) is 42.6 Å². The van der Waals surface area contributed by atoms with Crippen LogP contribution in [0.25, 0.3) is 21.7 Å². The first-order chi connectivity index (χ1) is 17.5. The molecule has 8 nitrogen and oxygen atoms in total. The van der Waals surface area contributed by atoms with Crippen LogP contribution in [0.5, 0.6) is 0 Å². The van der Waals surface area contributed by atoms with Crippen LogP contribution in [0.2, 0.25) is 0 Å². The average molecular weight is 521 g/mol. The van der Waals surface area contributed by atoms with Crippen LogP contribution < -0.4 is 10.2 Å². The van der Waals surface area contributed by atoms with Crippen molar-refractivity contribution in [1.82, 2.24) is 15.5 Å². The van der Waals surface area contributed by atoms with E-state index >= 15 is 0 Å². The first-order valence-corrected chi connectivity index (χ1v) is 14.0. The first-order valence-electron chi connectivity index (χ1n) is 12.5. The summed E-state index contributed by atoms with van der Waals surface area (Å²) in [6.07, 6.45) is 1.14. The number of ether oxygens (including phenoxy) is 1. The molecule has 1 aliphatic rings. The number of fused-ring (bicyclic) bond motifs is 2. The lowest BCUT2D eigenvalue weighted by molar-refractivity contribution is 0.0497. The van der Waals surface area contributed by atoms with Crippen molar-refractivity contribution >= 4 is 43.3 Å². The van der Waals surface area contributed by atoms with Crippen LogP contribution in [0.15, 0.2) is 64.5 Å². The summed E-state index contributed by atoms with van der Waals surface area (Å²) in [5, 5.41) is 12.3. The fourth-order valence-corrected chi connectivity index (χ4v) is 6.45. The van der Waals surface area contributed by atoms with Gasteiger partial charge >= 0.3 is 6.09 Å². The van der Waals surface area contributed by atoms with Crippen LogP contribution in [0.3, 0.4) is 0 Å². The smallest absolute Gasteiger partial charge is 0.407 e. The van der Waals surface area contributed by atoms with Gasteiger partial charge in [-0.25, -0.2) is 13.2 Å². The number of sulfone groups is 1. The van der Waals surface area contributed by atoms with Crippen molar-refractivity contribution in [1.29, 1.82) is 0 Å². The lowest BCUT2D eigenvalue weighted by Crippen LogP contribution is -2.46. The van der Waals surface area contributed by atoms with Gasteiger partial charge in [0.2, 0.25) is 9.84 Å². The number of benzene rings is 3. The number of nitrogens with one attached hydrogen (secondary N) is 2. The maximum absolute atomic E-state index is 13.8. The Morgan fingerprint density at radius 1 is 1.03 bits per heavy atom. The van der Waals surface area contributed by atoms with E-state index in [1.165, 1.54) is 0 Å². The van der Waals surface area contributed by atoms with Crippen molar-refractivity contribution in [2.75, 3.05) is 18.0 Å². The molecule has 0 unspecified atom stereocenters. The quantitative estimate of drug-likeness (QED) is 0.376. The lowest BCUT2D eigenvalue weighted by atomic mass is 10.0. The van der Waals surface area contributed by atoms with E-state index in [1.807, 2.05) is 76.2 Å². The molecule has 1 amide bonds. The van der Waals surface area contributed by atoms with E-state index in [-0.39, 0.29) is 16.0 Å². The molecule has 0 radical (unpaired) electrons. The second-order valence-corrected chi connectivity index (χ2v) is 12.4. The summed E-state index contributed by atoms with van der Waals surface area (Å²) in [4.78, 5) is 14.6. The number of alkyl carbamates (subject to hydrolysis) is 1. The number of H-pyrrole nitrogens is 1. The van der Waals surface area contributed by atoms with E-state index in [1.54, 1.807) is 6.07 Å². The summed E-state index contributed by atoms with van der Waals surface area (Å²) in [5.74, 6) is 0. The Morgan fingerprint density at radius 2 is 1.73 bits per heavy atom. The van der Waals surface area contributed by atoms with Crippen LogP contribution >= 0.6 is 0 Å². The number of aryl methyl sites for hydroxylation is 1. The highest BCUT2D eigenvalue weighted by atomic mass is 32.2. The van der Waals surface area contributed by atoms with Gasteiger partial charge in [0.1, 0.15) is 5.60 Å². The molecule has 1 aliphatic heterocycles. The summed E-state index contributed by atoms with van der Waals surface area (Å²) >= 11 is 0. The zero-order chi connectivity index (χ0) is 26.4. The maximum atomic E-state index is 13.8. The fraction of sp³-hybridized carbons (Fsp3) is 0.357. The lowest BCUT2D eigenvalue weighted by Gasteiger charge is -2.34. The van der Waals surface area contributed by atoms with Gasteiger partial charge in [-0.05, 0) is 75.8 Å². The molecule has 1 aromatic heterocycles. The number of hydrogen-bond donors (Lipinski definition) is 2. The van der Waals surface area contributed by atoms with Crippen molar-refractivity contribution in [3.63, 3.8) is 0 Å². The molecule has 0 saturated carbocycles. The van der Waals surface area contributed by atoms with Crippen LogP contribution in [0, 0.1) is 6.92 Å². The molecule has 2 heterocycles. The van der Waals surface area contributed by atoms with E-state index < -0.39 is 21.5 Å². The zero-order valence-electron chi connectivity index (χ0n) is 21.5.